The minimum Gasteiger partial charge on any atom is -0.465 e. The van der Waals surface area contributed by atoms with Crippen LogP contribution in [0.5, 0.6) is 0 Å². The SMILES string of the molecule is COC(=O)C1=C(C)N(c2ccc(C(C)C)cc2)C(=O)/C1=C\c1cc(C)n(-c2ccccc2Cl)c1C. The average Bonchev–Trinajstić information content (AvgIpc) is 3.25. The molecule has 4 rings (SSSR count). The van der Waals surface area contributed by atoms with Gasteiger partial charge in [0, 0.05) is 22.8 Å². The lowest BCUT2D eigenvalue weighted by atomic mass is 10.0. The molecule has 1 amide bonds. The number of halogens is 1. The molecule has 0 atom stereocenters. The highest BCUT2D eigenvalue weighted by atomic mass is 35.5. The largest absolute Gasteiger partial charge is 0.465 e. The van der Waals surface area contributed by atoms with Crippen LogP contribution in [-0.4, -0.2) is 23.6 Å². The number of esters is 1. The van der Waals surface area contributed by atoms with Crippen molar-refractivity contribution >= 4 is 35.2 Å². The first kappa shape index (κ1) is 24.6. The van der Waals surface area contributed by atoms with Crippen LogP contribution in [0.2, 0.25) is 5.02 Å². The van der Waals surface area contributed by atoms with Gasteiger partial charge in [-0.3, -0.25) is 9.69 Å². The van der Waals surface area contributed by atoms with E-state index in [1.807, 2.05) is 73.0 Å². The van der Waals surface area contributed by atoms with E-state index in [-0.39, 0.29) is 11.5 Å². The number of rotatable bonds is 5. The molecule has 35 heavy (non-hydrogen) atoms. The van der Waals surface area contributed by atoms with Crippen molar-refractivity contribution in [1.82, 2.24) is 4.57 Å². The number of carbonyl (C=O) groups excluding carboxylic acids is 2. The van der Waals surface area contributed by atoms with Gasteiger partial charge in [0.2, 0.25) is 0 Å². The normalized spacial score (nSPS) is 15.0. The molecule has 1 aliphatic heterocycles. The second kappa shape index (κ2) is 9.59. The molecule has 2 heterocycles. The van der Waals surface area contributed by atoms with Crippen LogP contribution < -0.4 is 4.90 Å². The predicted octanol–water partition coefficient (Wildman–Crippen LogP) is 6.75. The highest BCUT2D eigenvalue weighted by molar-refractivity contribution is 6.32. The lowest BCUT2D eigenvalue weighted by molar-refractivity contribution is -0.136. The molecule has 1 aliphatic rings. The smallest absolute Gasteiger partial charge is 0.340 e. The molecule has 3 aromatic rings. The van der Waals surface area contributed by atoms with E-state index < -0.39 is 5.97 Å². The molecule has 5 nitrogen and oxygen atoms in total. The molecule has 0 bridgehead atoms. The van der Waals surface area contributed by atoms with Crippen LogP contribution in [0.3, 0.4) is 0 Å². The van der Waals surface area contributed by atoms with Crippen molar-refractivity contribution in [3.8, 4) is 5.69 Å². The Morgan fingerprint density at radius 2 is 1.69 bits per heavy atom. The Hall–Kier alpha value is -3.57. The van der Waals surface area contributed by atoms with E-state index in [1.165, 1.54) is 12.7 Å². The summed E-state index contributed by atoms with van der Waals surface area (Å²) in [6.45, 7) is 9.97. The van der Waals surface area contributed by atoms with Gasteiger partial charge in [-0.1, -0.05) is 49.7 Å². The van der Waals surface area contributed by atoms with E-state index in [9.17, 15) is 9.59 Å². The maximum atomic E-state index is 13.7. The maximum absolute atomic E-state index is 13.7. The number of allylic oxidation sites excluding steroid dienone is 1. The number of anilines is 1. The molecule has 0 saturated heterocycles. The van der Waals surface area contributed by atoms with Gasteiger partial charge in [-0.05, 0) is 74.2 Å². The monoisotopic (exact) mass is 488 g/mol. The Balaban J connectivity index is 1.83. The van der Waals surface area contributed by atoms with Gasteiger partial charge in [0.25, 0.3) is 5.91 Å². The topological polar surface area (TPSA) is 51.5 Å². The zero-order valence-electron chi connectivity index (χ0n) is 20.8. The van der Waals surface area contributed by atoms with E-state index in [0.29, 0.717) is 27.9 Å². The molecular formula is C29H29ClN2O3. The number of aryl methyl sites for hydroxylation is 1. The molecule has 0 radical (unpaired) electrons. The highest BCUT2D eigenvalue weighted by Gasteiger charge is 2.38. The van der Waals surface area contributed by atoms with E-state index in [0.717, 1.165) is 22.6 Å². The summed E-state index contributed by atoms with van der Waals surface area (Å²) >= 11 is 6.46. The number of benzene rings is 2. The van der Waals surface area contributed by atoms with Crippen LogP contribution in [0.15, 0.2) is 71.4 Å². The number of hydrogen-bond donors (Lipinski definition) is 0. The first-order valence-corrected chi connectivity index (χ1v) is 11.9. The Kier molecular flexibility index (Phi) is 6.73. The summed E-state index contributed by atoms with van der Waals surface area (Å²) in [5, 5.41) is 0.632. The van der Waals surface area contributed by atoms with Crippen LogP contribution in [0.25, 0.3) is 11.8 Å². The van der Waals surface area contributed by atoms with Crippen molar-refractivity contribution in [3.63, 3.8) is 0 Å². The number of ether oxygens (including phenoxy) is 1. The van der Waals surface area contributed by atoms with Crippen LogP contribution in [0, 0.1) is 13.8 Å². The molecular weight excluding hydrogens is 460 g/mol. The molecule has 0 fully saturated rings. The summed E-state index contributed by atoms with van der Waals surface area (Å²) in [6.07, 6.45) is 1.77. The standard InChI is InChI=1S/C29H29ClN2O3/c1-17(2)21-11-13-23(14-12-21)32-20(5)27(29(34)35-6)24(28(32)33)16-22-15-18(3)31(19(22)4)26-10-8-7-9-25(26)30/h7-17H,1-6H3/b24-16-. The summed E-state index contributed by atoms with van der Waals surface area (Å²) in [7, 11) is 1.33. The second-order valence-electron chi connectivity index (χ2n) is 9.01. The van der Waals surface area contributed by atoms with Gasteiger partial charge in [0.15, 0.2) is 0 Å². The zero-order chi connectivity index (χ0) is 25.4. The number of hydrogen-bond acceptors (Lipinski definition) is 3. The zero-order valence-corrected chi connectivity index (χ0v) is 21.6. The molecule has 0 unspecified atom stereocenters. The Morgan fingerprint density at radius 3 is 2.29 bits per heavy atom. The summed E-state index contributed by atoms with van der Waals surface area (Å²) < 4.78 is 7.11. The van der Waals surface area contributed by atoms with Crippen LogP contribution in [0.1, 0.15) is 49.2 Å². The second-order valence-corrected chi connectivity index (χ2v) is 9.42. The molecule has 0 aliphatic carbocycles. The van der Waals surface area contributed by atoms with Gasteiger partial charge in [-0.2, -0.15) is 0 Å². The quantitative estimate of drug-likeness (QED) is 0.295. The molecule has 6 heteroatoms. The van der Waals surface area contributed by atoms with Gasteiger partial charge in [-0.25, -0.2) is 4.79 Å². The number of amides is 1. The summed E-state index contributed by atoms with van der Waals surface area (Å²) in [4.78, 5) is 28.0. The van der Waals surface area contributed by atoms with Crippen molar-refractivity contribution in [1.29, 1.82) is 0 Å². The van der Waals surface area contributed by atoms with Gasteiger partial charge in [0.05, 0.1) is 29.0 Å². The first-order chi connectivity index (χ1) is 16.6. The van der Waals surface area contributed by atoms with E-state index >= 15 is 0 Å². The van der Waals surface area contributed by atoms with Gasteiger partial charge < -0.3 is 9.30 Å². The molecule has 180 valence electrons. The number of carbonyl (C=O) groups is 2. The fraction of sp³-hybridized carbons (Fsp3) is 0.241. The molecule has 1 aromatic heterocycles. The maximum Gasteiger partial charge on any atom is 0.340 e. The van der Waals surface area contributed by atoms with Crippen molar-refractivity contribution in [2.24, 2.45) is 0 Å². The molecule has 0 N–H and O–H groups in total. The minimum atomic E-state index is -0.539. The Morgan fingerprint density at radius 1 is 1.03 bits per heavy atom. The van der Waals surface area contributed by atoms with Gasteiger partial charge >= 0.3 is 5.97 Å². The van der Waals surface area contributed by atoms with Crippen molar-refractivity contribution in [3.05, 3.63) is 99.0 Å². The van der Waals surface area contributed by atoms with E-state index in [2.05, 4.69) is 13.8 Å². The predicted molar refractivity (Wildman–Crippen MR) is 141 cm³/mol. The van der Waals surface area contributed by atoms with Crippen LogP contribution >= 0.6 is 11.6 Å². The van der Waals surface area contributed by atoms with Crippen molar-refractivity contribution < 1.29 is 14.3 Å². The average molecular weight is 489 g/mol. The number of para-hydroxylation sites is 1. The third-order valence-electron chi connectivity index (χ3n) is 6.47. The summed E-state index contributed by atoms with van der Waals surface area (Å²) in [5.41, 5.74) is 6.59. The fourth-order valence-corrected chi connectivity index (χ4v) is 4.81. The number of nitrogens with zero attached hydrogens (tertiary/aromatic N) is 2. The summed E-state index contributed by atoms with van der Waals surface area (Å²) in [6, 6.07) is 17.5. The lowest BCUT2D eigenvalue weighted by Gasteiger charge is -2.19. The molecule has 0 saturated carbocycles. The van der Waals surface area contributed by atoms with Gasteiger partial charge in [-0.15, -0.1) is 0 Å². The number of aromatic nitrogens is 1. The molecule has 0 spiro atoms. The Bertz CT molecular complexity index is 1380. The third kappa shape index (κ3) is 4.32. The van der Waals surface area contributed by atoms with Crippen molar-refractivity contribution in [2.75, 3.05) is 12.0 Å². The molecule has 2 aromatic carbocycles. The Labute approximate surface area is 211 Å². The minimum absolute atomic E-state index is 0.261. The van der Waals surface area contributed by atoms with E-state index in [4.69, 9.17) is 16.3 Å². The van der Waals surface area contributed by atoms with E-state index in [1.54, 1.807) is 17.9 Å². The fourth-order valence-electron chi connectivity index (χ4n) is 4.59. The third-order valence-corrected chi connectivity index (χ3v) is 6.79. The highest BCUT2D eigenvalue weighted by Crippen LogP contribution is 2.37. The number of methoxy groups -OCH3 is 1. The van der Waals surface area contributed by atoms with Crippen molar-refractivity contribution in [2.45, 2.75) is 40.5 Å². The lowest BCUT2D eigenvalue weighted by Crippen LogP contribution is -2.24. The summed E-state index contributed by atoms with van der Waals surface area (Å²) in [5.74, 6) is -0.421. The van der Waals surface area contributed by atoms with Crippen LogP contribution in [0.4, 0.5) is 5.69 Å². The first-order valence-electron chi connectivity index (χ1n) is 11.5. The van der Waals surface area contributed by atoms with Crippen LogP contribution in [-0.2, 0) is 14.3 Å². The van der Waals surface area contributed by atoms with Gasteiger partial charge in [0.1, 0.15) is 0 Å².